The summed E-state index contributed by atoms with van der Waals surface area (Å²) in [5.41, 5.74) is 1.44. The number of amides is 1. The molecule has 0 aliphatic carbocycles. The first-order valence-corrected chi connectivity index (χ1v) is 11.7. The summed E-state index contributed by atoms with van der Waals surface area (Å²) >= 11 is 0. The SMILES string of the molecule is CCOc1ccc(C2/C(=C(\O)c3cccc(OCC)c3)C(=O)C(=O)N2c2ccc3c(c2)OCO3)cc1. The summed E-state index contributed by atoms with van der Waals surface area (Å²) in [6, 6.07) is 18.1. The molecule has 2 heterocycles. The lowest BCUT2D eigenvalue weighted by atomic mass is 9.95. The lowest BCUT2D eigenvalue weighted by molar-refractivity contribution is -0.132. The average Bonchev–Trinajstić information content (AvgIpc) is 3.46. The Labute approximate surface area is 208 Å². The Morgan fingerprint density at radius 2 is 1.64 bits per heavy atom. The highest BCUT2D eigenvalue weighted by atomic mass is 16.7. The molecule has 1 fully saturated rings. The predicted molar refractivity (Wildman–Crippen MR) is 133 cm³/mol. The van der Waals surface area contributed by atoms with Gasteiger partial charge in [0.2, 0.25) is 6.79 Å². The summed E-state index contributed by atoms with van der Waals surface area (Å²) in [4.78, 5) is 28.1. The molecule has 1 atom stereocenters. The van der Waals surface area contributed by atoms with Gasteiger partial charge in [-0.2, -0.15) is 0 Å². The molecule has 0 radical (unpaired) electrons. The molecular formula is C28H25NO7. The van der Waals surface area contributed by atoms with Crippen molar-refractivity contribution in [1.29, 1.82) is 0 Å². The molecule has 1 unspecified atom stereocenters. The molecule has 3 aromatic carbocycles. The smallest absolute Gasteiger partial charge is 0.300 e. The van der Waals surface area contributed by atoms with Gasteiger partial charge in [0.25, 0.3) is 11.7 Å². The first-order chi connectivity index (χ1) is 17.5. The van der Waals surface area contributed by atoms with Gasteiger partial charge in [0.15, 0.2) is 11.5 Å². The number of ketones is 1. The van der Waals surface area contributed by atoms with Crippen molar-refractivity contribution >= 4 is 23.1 Å². The van der Waals surface area contributed by atoms with E-state index in [2.05, 4.69) is 0 Å². The van der Waals surface area contributed by atoms with Gasteiger partial charge in [0.1, 0.15) is 17.3 Å². The van der Waals surface area contributed by atoms with E-state index in [1.54, 1.807) is 66.7 Å². The van der Waals surface area contributed by atoms with Crippen LogP contribution in [0.25, 0.3) is 5.76 Å². The number of carbonyl (C=O) groups excluding carboxylic acids is 2. The second-order valence-electron chi connectivity index (χ2n) is 8.17. The molecule has 1 N–H and O–H groups in total. The molecule has 0 saturated carbocycles. The maximum atomic E-state index is 13.4. The van der Waals surface area contributed by atoms with Gasteiger partial charge in [0.05, 0.1) is 24.8 Å². The Kier molecular flexibility index (Phi) is 6.25. The van der Waals surface area contributed by atoms with Gasteiger partial charge in [-0.25, -0.2) is 0 Å². The van der Waals surface area contributed by atoms with Gasteiger partial charge in [-0.15, -0.1) is 0 Å². The highest BCUT2D eigenvalue weighted by Gasteiger charge is 2.47. The third-order valence-corrected chi connectivity index (χ3v) is 6.00. The van der Waals surface area contributed by atoms with Crippen LogP contribution in [0, 0.1) is 0 Å². The van der Waals surface area contributed by atoms with Crippen molar-refractivity contribution in [2.75, 3.05) is 24.9 Å². The van der Waals surface area contributed by atoms with E-state index < -0.39 is 17.7 Å². The van der Waals surface area contributed by atoms with Crippen LogP contribution >= 0.6 is 0 Å². The molecule has 8 heteroatoms. The molecular weight excluding hydrogens is 462 g/mol. The van der Waals surface area contributed by atoms with Crippen LogP contribution in [0.5, 0.6) is 23.0 Å². The first-order valence-electron chi connectivity index (χ1n) is 11.7. The van der Waals surface area contributed by atoms with Crippen molar-refractivity contribution in [3.8, 4) is 23.0 Å². The maximum absolute atomic E-state index is 13.4. The Morgan fingerprint density at radius 1 is 0.917 bits per heavy atom. The number of benzene rings is 3. The van der Waals surface area contributed by atoms with Crippen molar-refractivity contribution in [2.24, 2.45) is 0 Å². The standard InChI is InChI=1S/C28H25NO7/c1-3-33-20-11-8-17(9-12-20)25-24(26(30)18-6-5-7-21(14-18)34-4-2)27(31)28(32)29(25)19-10-13-22-23(15-19)36-16-35-22/h5-15,25,30H,3-4,16H2,1-2H3/b26-24+. The van der Waals surface area contributed by atoms with Gasteiger partial charge < -0.3 is 24.1 Å². The molecule has 184 valence electrons. The lowest BCUT2D eigenvalue weighted by Gasteiger charge is -2.25. The number of nitrogens with zero attached hydrogens (tertiary/aromatic N) is 1. The summed E-state index contributed by atoms with van der Waals surface area (Å²) in [5, 5.41) is 11.3. The highest BCUT2D eigenvalue weighted by Crippen LogP contribution is 2.45. The first kappa shape index (κ1) is 23.3. The van der Waals surface area contributed by atoms with E-state index in [4.69, 9.17) is 18.9 Å². The van der Waals surface area contributed by atoms with Crippen LogP contribution < -0.4 is 23.8 Å². The molecule has 8 nitrogen and oxygen atoms in total. The Balaban J connectivity index is 1.66. The molecule has 2 aliphatic heterocycles. The van der Waals surface area contributed by atoms with E-state index in [1.165, 1.54) is 4.90 Å². The zero-order chi connectivity index (χ0) is 25.2. The number of ether oxygens (including phenoxy) is 4. The number of hydrogen-bond acceptors (Lipinski definition) is 7. The fraction of sp³-hybridized carbons (Fsp3) is 0.214. The van der Waals surface area contributed by atoms with Gasteiger partial charge >= 0.3 is 0 Å². The molecule has 0 aromatic heterocycles. The van der Waals surface area contributed by atoms with Crippen LogP contribution in [-0.4, -0.2) is 36.8 Å². The van der Waals surface area contributed by atoms with Gasteiger partial charge in [-0.1, -0.05) is 24.3 Å². The molecule has 3 aromatic rings. The molecule has 5 rings (SSSR count). The zero-order valence-electron chi connectivity index (χ0n) is 19.9. The molecule has 1 amide bonds. The summed E-state index contributed by atoms with van der Waals surface area (Å²) < 4.78 is 22.0. The zero-order valence-corrected chi connectivity index (χ0v) is 19.9. The third-order valence-electron chi connectivity index (χ3n) is 6.00. The number of carbonyl (C=O) groups is 2. The van der Waals surface area contributed by atoms with E-state index in [0.29, 0.717) is 53.0 Å². The highest BCUT2D eigenvalue weighted by molar-refractivity contribution is 6.51. The fourth-order valence-corrected chi connectivity index (χ4v) is 4.42. The van der Waals surface area contributed by atoms with Gasteiger partial charge in [-0.05, 0) is 55.8 Å². The van der Waals surface area contributed by atoms with Crippen LogP contribution in [0.15, 0.2) is 72.3 Å². The van der Waals surface area contributed by atoms with Crippen molar-refractivity contribution in [2.45, 2.75) is 19.9 Å². The molecule has 0 bridgehead atoms. The Morgan fingerprint density at radius 3 is 2.39 bits per heavy atom. The van der Waals surface area contributed by atoms with Crippen LogP contribution in [0.3, 0.4) is 0 Å². The van der Waals surface area contributed by atoms with Crippen LogP contribution in [0.2, 0.25) is 0 Å². The summed E-state index contributed by atoms with van der Waals surface area (Å²) in [6.45, 7) is 4.78. The third kappa shape index (κ3) is 4.11. The minimum absolute atomic E-state index is 0.0181. The van der Waals surface area contributed by atoms with Crippen LogP contribution in [0.4, 0.5) is 5.69 Å². The number of hydrogen-bond donors (Lipinski definition) is 1. The number of aliphatic hydroxyl groups is 1. The Hall–Kier alpha value is -4.46. The van der Waals surface area contributed by atoms with Crippen molar-refractivity contribution < 1.29 is 33.6 Å². The lowest BCUT2D eigenvalue weighted by Crippen LogP contribution is -2.29. The van der Waals surface area contributed by atoms with Gasteiger partial charge in [-0.3, -0.25) is 14.5 Å². The number of anilines is 1. The number of Topliss-reactive ketones (excluding diaryl/α,β-unsaturated/α-hetero) is 1. The minimum atomic E-state index is -0.878. The van der Waals surface area contributed by atoms with Gasteiger partial charge in [0, 0.05) is 17.3 Å². The summed E-state index contributed by atoms with van der Waals surface area (Å²) in [6.07, 6.45) is 0. The van der Waals surface area contributed by atoms with Crippen molar-refractivity contribution in [3.63, 3.8) is 0 Å². The quantitative estimate of drug-likeness (QED) is 0.290. The molecule has 2 aliphatic rings. The average molecular weight is 488 g/mol. The summed E-state index contributed by atoms with van der Waals surface area (Å²) in [7, 11) is 0. The predicted octanol–water partition coefficient (Wildman–Crippen LogP) is 4.84. The fourth-order valence-electron chi connectivity index (χ4n) is 4.42. The summed E-state index contributed by atoms with van der Waals surface area (Å²) in [5.74, 6) is 0.415. The normalized spacial score (nSPS) is 17.9. The Bertz CT molecular complexity index is 1350. The number of aliphatic hydroxyl groups excluding tert-OH is 1. The van der Waals surface area contributed by atoms with Crippen molar-refractivity contribution in [1.82, 2.24) is 0 Å². The van der Waals surface area contributed by atoms with E-state index in [9.17, 15) is 14.7 Å². The topological polar surface area (TPSA) is 94.5 Å². The van der Waals surface area contributed by atoms with E-state index >= 15 is 0 Å². The van der Waals surface area contributed by atoms with Crippen LogP contribution in [0.1, 0.15) is 31.0 Å². The second-order valence-corrected chi connectivity index (χ2v) is 8.17. The molecule has 1 saturated heterocycles. The van der Waals surface area contributed by atoms with Crippen molar-refractivity contribution in [3.05, 3.63) is 83.4 Å². The molecule has 36 heavy (non-hydrogen) atoms. The van der Waals surface area contributed by atoms with E-state index in [1.807, 2.05) is 13.8 Å². The van der Waals surface area contributed by atoms with E-state index in [-0.39, 0.29) is 18.1 Å². The monoisotopic (exact) mass is 487 g/mol. The number of fused-ring (bicyclic) bond motifs is 1. The van der Waals surface area contributed by atoms with E-state index in [0.717, 1.165) is 0 Å². The van der Waals surface area contributed by atoms with Crippen LogP contribution in [-0.2, 0) is 9.59 Å². The minimum Gasteiger partial charge on any atom is -0.507 e. The largest absolute Gasteiger partial charge is 0.507 e. The number of rotatable bonds is 7. The maximum Gasteiger partial charge on any atom is 0.300 e. The second kappa shape index (κ2) is 9.65. The molecule has 0 spiro atoms.